The zero-order chi connectivity index (χ0) is 38.2. The molecule has 58 heavy (non-hydrogen) atoms. The number of furan rings is 1. The SMILES string of the molecule is c1ccc(-c2ccc(N(c3cccc4c3sc3ccccc34)c3cccc4oc5c(C6(c7ccccc7)c7ccccc7-c7ccccc76)cccc5c34)cc2)cc1. The van der Waals surface area contributed by atoms with Crippen molar-refractivity contribution in [2.45, 2.75) is 5.41 Å². The molecule has 3 heteroatoms. The Hall–Kier alpha value is -7.20. The van der Waals surface area contributed by atoms with Crippen molar-refractivity contribution in [1.82, 2.24) is 0 Å². The highest BCUT2D eigenvalue weighted by atomic mass is 32.1. The quantitative estimate of drug-likeness (QED) is 0.168. The van der Waals surface area contributed by atoms with Crippen LogP contribution in [-0.4, -0.2) is 0 Å². The van der Waals surface area contributed by atoms with Gasteiger partial charge in [-0.3, -0.25) is 0 Å². The summed E-state index contributed by atoms with van der Waals surface area (Å²) in [4.78, 5) is 2.45. The van der Waals surface area contributed by atoms with Crippen molar-refractivity contribution in [3.63, 3.8) is 0 Å². The zero-order valence-electron chi connectivity index (χ0n) is 31.5. The molecule has 0 N–H and O–H groups in total. The summed E-state index contributed by atoms with van der Waals surface area (Å²) in [6.45, 7) is 0. The highest BCUT2D eigenvalue weighted by molar-refractivity contribution is 7.26. The number of benzene rings is 9. The minimum absolute atomic E-state index is 0.586. The summed E-state index contributed by atoms with van der Waals surface area (Å²) in [6, 6.07) is 77.2. The average Bonchev–Trinajstić information content (AvgIpc) is 3.97. The highest BCUT2D eigenvalue weighted by Gasteiger charge is 2.47. The molecule has 0 atom stereocenters. The Labute approximate surface area is 340 Å². The molecule has 0 spiro atoms. The van der Waals surface area contributed by atoms with E-state index in [-0.39, 0.29) is 0 Å². The Morgan fingerprint density at radius 3 is 1.76 bits per heavy atom. The fraction of sp³-hybridized carbons (Fsp3) is 0.0182. The van der Waals surface area contributed by atoms with Gasteiger partial charge in [0.05, 0.1) is 26.9 Å². The maximum atomic E-state index is 7.22. The van der Waals surface area contributed by atoms with Gasteiger partial charge in [0.1, 0.15) is 11.2 Å². The molecule has 0 bridgehead atoms. The normalized spacial score (nSPS) is 13.0. The van der Waals surface area contributed by atoms with Crippen LogP contribution in [0.3, 0.4) is 0 Å². The molecule has 1 aliphatic carbocycles. The third-order valence-electron chi connectivity index (χ3n) is 12.2. The molecule has 11 aromatic rings. The predicted molar refractivity (Wildman–Crippen MR) is 244 cm³/mol. The van der Waals surface area contributed by atoms with Crippen molar-refractivity contribution >= 4 is 70.5 Å². The Morgan fingerprint density at radius 1 is 0.414 bits per heavy atom. The van der Waals surface area contributed by atoms with Gasteiger partial charge in [0.25, 0.3) is 0 Å². The molecular formula is C55H35NOS. The number of hydrogen-bond donors (Lipinski definition) is 0. The molecule has 1 aliphatic rings. The van der Waals surface area contributed by atoms with Gasteiger partial charge < -0.3 is 9.32 Å². The first-order valence-electron chi connectivity index (χ1n) is 19.8. The standard InChI is InChI=1S/C55H35NOS/c1-3-16-36(17-4-1)37-32-34-39(35-33-37)56(49-29-14-23-43-42-22-9-12-31-51(42)58-54(43)49)48-28-15-30-50-52(48)44-24-13-27-47(53(44)57-50)55(38-18-5-2-6-19-38)45-25-10-7-20-40(45)41-21-8-11-26-46(41)55/h1-35H. The number of hydrogen-bond acceptors (Lipinski definition) is 3. The van der Waals surface area contributed by atoms with Gasteiger partial charge in [0, 0.05) is 32.1 Å². The van der Waals surface area contributed by atoms with Gasteiger partial charge in [-0.05, 0) is 75.3 Å². The van der Waals surface area contributed by atoms with Crippen LogP contribution in [0.5, 0.6) is 0 Å². The topological polar surface area (TPSA) is 16.4 Å². The number of fused-ring (bicyclic) bond motifs is 9. The summed E-state index contributed by atoms with van der Waals surface area (Å²) in [5.74, 6) is 0. The van der Waals surface area contributed by atoms with Gasteiger partial charge in [0.2, 0.25) is 0 Å². The number of anilines is 3. The Balaban J connectivity index is 1.15. The van der Waals surface area contributed by atoms with Gasteiger partial charge in [-0.15, -0.1) is 11.3 Å². The molecule has 0 fully saturated rings. The molecule has 0 saturated carbocycles. The summed E-state index contributed by atoms with van der Waals surface area (Å²) >= 11 is 1.86. The van der Waals surface area contributed by atoms with Gasteiger partial charge in [-0.2, -0.15) is 0 Å². The number of rotatable bonds is 6. The Bertz CT molecular complexity index is 3300. The van der Waals surface area contributed by atoms with Crippen LogP contribution in [0.25, 0.3) is 64.4 Å². The van der Waals surface area contributed by atoms with Crippen LogP contribution < -0.4 is 4.90 Å². The first kappa shape index (κ1) is 33.0. The van der Waals surface area contributed by atoms with Crippen molar-refractivity contribution in [3.8, 4) is 22.3 Å². The molecule has 2 nitrogen and oxygen atoms in total. The summed E-state index contributed by atoms with van der Waals surface area (Å²) in [6.07, 6.45) is 0. The molecule has 272 valence electrons. The summed E-state index contributed by atoms with van der Waals surface area (Å²) in [5, 5.41) is 4.73. The number of nitrogens with zero attached hydrogens (tertiary/aromatic N) is 1. The molecule has 0 aliphatic heterocycles. The van der Waals surface area contributed by atoms with Gasteiger partial charge >= 0.3 is 0 Å². The third kappa shape index (κ3) is 4.71. The highest BCUT2D eigenvalue weighted by Crippen LogP contribution is 2.58. The van der Waals surface area contributed by atoms with E-state index in [1.807, 2.05) is 11.3 Å². The van der Waals surface area contributed by atoms with Crippen LogP contribution in [0.4, 0.5) is 17.1 Å². The van der Waals surface area contributed by atoms with Crippen LogP contribution in [0, 0.1) is 0 Å². The lowest BCUT2D eigenvalue weighted by atomic mass is 9.67. The fourth-order valence-electron chi connectivity index (χ4n) is 9.74. The number of thiophene rings is 1. The lowest BCUT2D eigenvalue weighted by Gasteiger charge is -2.33. The van der Waals surface area contributed by atoms with E-state index in [0.29, 0.717) is 0 Å². The Kier molecular flexibility index (Phi) is 7.35. The molecule has 0 radical (unpaired) electrons. The molecule has 0 unspecified atom stereocenters. The van der Waals surface area contributed by atoms with Crippen molar-refractivity contribution in [1.29, 1.82) is 0 Å². The minimum Gasteiger partial charge on any atom is -0.456 e. The van der Waals surface area contributed by atoms with Gasteiger partial charge in [-0.1, -0.05) is 176 Å². The van der Waals surface area contributed by atoms with Crippen LogP contribution in [0.15, 0.2) is 217 Å². The Morgan fingerprint density at radius 2 is 0.983 bits per heavy atom. The molecule has 9 aromatic carbocycles. The zero-order valence-corrected chi connectivity index (χ0v) is 32.3. The maximum Gasteiger partial charge on any atom is 0.140 e. The van der Waals surface area contributed by atoms with E-state index >= 15 is 0 Å². The molecule has 12 rings (SSSR count). The largest absolute Gasteiger partial charge is 0.456 e. The van der Waals surface area contributed by atoms with E-state index < -0.39 is 5.41 Å². The summed E-state index contributed by atoms with van der Waals surface area (Å²) < 4.78 is 9.76. The monoisotopic (exact) mass is 757 g/mol. The van der Waals surface area contributed by atoms with Crippen molar-refractivity contribution in [2.75, 3.05) is 4.90 Å². The van der Waals surface area contributed by atoms with Crippen LogP contribution in [-0.2, 0) is 5.41 Å². The van der Waals surface area contributed by atoms with E-state index in [1.165, 1.54) is 59.1 Å². The lowest BCUT2D eigenvalue weighted by molar-refractivity contribution is 0.648. The van der Waals surface area contributed by atoms with Gasteiger partial charge in [-0.25, -0.2) is 0 Å². The van der Waals surface area contributed by atoms with Crippen LogP contribution in [0.2, 0.25) is 0 Å². The third-order valence-corrected chi connectivity index (χ3v) is 13.4. The van der Waals surface area contributed by atoms with Crippen LogP contribution >= 0.6 is 11.3 Å². The molecule has 2 heterocycles. The van der Waals surface area contributed by atoms with E-state index in [2.05, 4.69) is 217 Å². The maximum absolute atomic E-state index is 7.22. The number of para-hydroxylation sites is 1. The van der Waals surface area contributed by atoms with E-state index in [0.717, 1.165) is 44.6 Å². The van der Waals surface area contributed by atoms with Crippen molar-refractivity contribution < 1.29 is 4.42 Å². The van der Waals surface area contributed by atoms with E-state index in [4.69, 9.17) is 4.42 Å². The second-order valence-electron chi connectivity index (χ2n) is 15.1. The second kappa shape index (κ2) is 12.9. The predicted octanol–water partition coefficient (Wildman–Crippen LogP) is 15.5. The smallest absolute Gasteiger partial charge is 0.140 e. The molecule has 0 saturated heterocycles. The molecule has 2 aromatic heterocycles. The average molecular weight is 758 g/mol. The molecule has 0 amide bonds. The summed E-state index contributed by atoms with van der Waals surface area (Å²) in [5.41, 5.74) is 14.3. The van der Waals surface area contributed by atoms with E-state index in [1.54, 1.807) is 0 Å². The van der Waals surface area contributed by atoms with E-state index in [9.17, 15) is 0 Å². The summed E-state index contributed by atoms with van der Waals surface area (Å²) in [7, 11) is 0. The minimum atomic E-state index is -0.586. The lowest BCUT2D eigenvalue weighted by Crippen LogP contribution is -2.28. The fourth-order valence-corrected chi connectivity index (χ4v) is 10.9. The first-order valence-corrected chi connectivity index (χ1v) is 20.7. The first-order chi connectivity index (χ1) is 28.8. The van der Waals surface area contributed by atoms with Crippen LogP contribution in [0.1, 0.15) is 22.3 Å². The van der Waals surface area contributed by atoms with Gasteiger partial charge in [0.15, 0.2) is 0 Å². The van der Waals surface area contributed by atoms with Crippen molar-refractivity contribution in [3.05, 3.63) is 235 Å². The molecular weight excluding hydrogens is 723 g/mol. The van der Waals surface area contributed by atoms with Crippen molar-refractivity contribution in [2.24, 2.45) is 0 Å². The second-order valence-corrected chi connectivity index (χ2v) is 16.2.